The zero-order valence-electron chi connectivity index (χ0n) is 17.1. The Labute approximate surface area is 184 Å². The summed E-state index contributed by atoms with van der Waals surface area (Å²) in [5.41, 5.74) is 0.454. The molecule has 1 atom stereocenters. The molecule has 0 heterocycles. The molecule has 1 unspecified atom stereocenters. The van der Waals surface area contributed by atoms with Crippen LogP contribution in [0.1, 0.15) is 67.8 Å². The van der Waals surface area contributed by atoms with E-state index in [9.17, 15) is 13.2 Å². The summed E-state index contributed by atoms with van der Waals surface area (Å²) in [6.07, 6.45) is 5.16. The Morgan fingerprint density at radius 2 is 1.80 bits per heavy atom. The molecule has 0 spiro atoms. The third-order valence-electron chi connectivity index (χ3n) is 4.83. The number of ketones is 1. The standard InChI is InChI=1S/C23H27ClN2O3S/c1-2-3-12-20(13-8-5-9-16-25)26-30(28,29)22-15-14-19(24)17-21(22)23(27)18-10-6-4-7-11-18/h4,6-7,10-11,14-15,17,20,26H,2-3,5,8-9,12-13H2,1H3. The number of unbranched alkanes of at least 4 members (excludes halogenated alkanes) is 3. The molecule has 2 rings (SSSR count). The number of hydrogen-bond acceptors (Lipinski definition) is 4. The lowest BCUT2D eigenvalue weighted by Crippen LogP contribution is -2.35. The van der Waals surface area contributed by atoms with E-state index >= 15 is 0 Å². The minimum absolute atomic E-state index is 0.0555. The van der Waals surface area contributed by atoms with Gasteiger partial charge in [0.2, 0.25) is 10.0 Å². The number of hydrogen-bond donors (Lipinski definition) is 1. The van der Waals surface area contributed by atoms with E-state index in [-0.39, 0.29) is 16.5 Å². The van der Waals surface area contributed by atoms with Crippen molar-refractivity contribution in [3.63, 3.8) is 0 Å². The largest absolute Gasteiger partial charge is 0.289 e. The van der Waals surface area contributed by atoms with Gasteiger partial charge < -0.3 is 0 Å². The Bertz CT molecular complexity index is 985. The van der Waals surface area contributed by atoms with E-state index in [2.05, 4.69) is 17.7 Å². The molecule has 30 heavy (non-hydrogen) atoms. The first-order valence-corrected chi connectivity index (χ1v) is 12.0. The van der Waals surface area contributed by atoms with Gasteiger partial charge in [-0.1, -0.05) is 68.1 Å². The fourth-order valence-corrected chi connectivity index (χ4v) is 4.91. The van der Waals surface area contributed by atoms with Gasteiger partial charge in [0.15, 0.2) is 5.78 Å². The summed E-state index contributed by atoms with van der Waals surface area (Å²) in [5.74, 6) is -0.391. The normalized spacial score (nSPS) is 12.3. The molecule has 0 aliphatic heterocycles. The second-order valence-electron chi connectivity index (χ2n) is 7.20. The predicted molar refractivity (Wildman–Crippen MR) is 119 cm³/mol. The number of rotatable bonds is 12. The average molecular weight is 447 g/mol. The highest BCUT2D eigenvalue weighted by molar-refractivity contribution is 7.89. The van der Waals surface area contributed by atoms with Gasteiger partial charge in [0, 0.05) is 28.6 Å². The lowest BCUT2D eigenvalue weighted by molar-refractivity contribution is 0.103. The van der Waals surface area contributed by atoms with E-state index in [1.807, 2.05) is 0 Å². The third-order valence-corrected chi connectivity index (χ3v) is 6.64. The fraction of sp³-hybridized carbons (Fsp3) is 0.391. The molecule has 0 radical (unpaired) electrons. The van der Waals surface area contributed by atoms with Gasteiger partial charge in [-0.3, -0.25) is 4.79 Å². The zero-order valence-corrected chi connectivity index (χ0v) is 18.7. The molecule has 0 aromatic heterocycles. The summed E-state index contributed by atoms with van der Waals surface area (Å²) >= 11 is 6.08. The molecule has 2 aromatic carbocycles. The Kier molecular flexibility index (Phi) is 9.51. The van der Waals surface area contributed by atoms with Gasteiger partial charge in [-0.15, -0.1) is 0 Å². The molecule has 0 amide bonds. The van der Waals surface area contributed by atoms with Crippen molar-refractivity contribution in [2.24, 2.45) is 0 Å². The van der Waals surface area contributed by atoms with Gasteiger partial charge >= 0.3 is 0 Å². The molecule has 0 saturated heterocycles. The topological polar surface area (TPSA) is 87.0 Å². The van der Waals surface area contributed by atoms with Gasteiger partial charge in [0.1, 0.15) is 0 Å². The lowest BCUT2D eigenvalue weighted by atomic mass is 10.0. The van der Waals surface area contributed by atoms with Crippen molar-refractivity contribution < 1.29 is 13.2 Å². The molecular weight excluding hydrogens is 420 g/mol. The van der Waals surface area contributed by atoms with E-state index in [0.29, 0.717) is 29.8 Å². The first kappa shape index (κ1) is 24.1. The van der Waals surface area contributed by atoms with Crippen LogP contribution in [0.2, 0.25) is 5.02 Å². The van der Waals surface area contributed by atoms with E-state index in [1.54, 1.807) is 30.3 Å². The number of nitriles is 1. The van der Waals surface area contributed by atoms with Gasteiger partial charge in [0.05, 0.1) is 11.0 Å². The summed E-state index contributed by atoms with van der Waals surface area (Å²) in [6, 6.07) is 14.7. The van der Waals surface area contributed by atoms with Crippen LogP contribution in [-0.2, 0) is 10.0 Å². The van der Waals surface area contributed by atoms with Crippen LogP contribution in [0, 0.1) is 11.3 Å². The molecule has 0 fully saturated rings. The Balaban J connectivity index is 2.31. The van der Waals surface area contributed by atoms with E-state index in [1.165, 1.54) is 18.2 Å². The van der Waals surface area contributed by atoms with Crippen molar-refractivity contribution in [2.75, 3.05) is 0 Å². The molecule has 0 saturated carbocycles. The molecular formula is C23H27ClN2O3S. The summed E-state index contributed by atoms with van der Waals surface area (Å²) < 4.78 is 29.2. The second-order valence-corrected chi connectivity index (χ2v) is 9.32. The number of carbonyl (C=O) groups excluding carboxylic acids is 1. The van der Waals surface area contributed by atoms with Crippen molar-refractivity contribution in [2.45, 2.75) is 62.8 Å². The maximum absolute atomic E-state index is 13.2. The SMILES string of the molecule is CCCCC(CCCCC#N)NS(=O)(=O)c1ccc(Cl)cc1C(=O)c1ccccc1. The molecule has 7 heteroatoms. The minimum atomic E-state index is -3.93. The maximum Gasteiger partial charge on any atom is 0.241 e. The third kappa shape index (κ3) is 6.94. The number of halogens is 1. The second kappa shape index (κ2) is 11.8. The highest BCUT2D eigenvalue weighted by Gasteiger charge is 2.26. The van der Waals surface area contributed by atoms with Crippen molar-refractivity contribution in [1.29, 1.82) is 5.26 Å². The van der Waals surface area contributed by atoms with E-state index in [4.69, 9.17) is 16.9 Å². The average Bonchev–Trinajstić information content (AvgIpc) is 2.74. The van der Waals surface area contributed by atoms with Crippen molar-refractivity contribution in [3.05, 3.63) is 64.7 Å². The van der Waals surface area contributed by atoms with Crippen LogP contribution in [0.3, 0.4) is 0 Å². The summed E-state index contributed by atoms with van der Waals surface area (Å²) in [7, 11) is -3.93. The molecule has 5 nitrogen and oxygen atoms in total. The van der Waals surface area contributed by atoms with Gasteiger partial charge in [-0.25, -0.2) is 13.1 Å². The monoisotopic (exact) mass is 446 g/mol. The predicted octanol–water partition coefficient (Wildman–Crippen LogP) is 5.49. The summed E-state index contributed by atoms with van der Waals surface area (Å²) in [5, 5.41) is 9.00. The van der Waals surface area contributed by atoms with Crippen LogP contribution in [0.5, 0.6) is 0 Å². The van der Waals surface area contributed by atoms with Crippen LogP contribution in [0.15, 0.2) is 53.4 Å². The maximum atomic E-state index is 13.2. The zero-order chi connectivity index (χ0) is 22.0. The number of carbonyl (C=O) groups is 1. The number of sulfonamides is 1. The van der Waals surface area contributed by atoms with Crippen molar-refractivity contribution in [1.82, 2.24) is 4.72 Å². The van der Waals surface area contributed by atoms with Gasteiger partial charge in [0.25, 0.3) is 0 Å². The number of nitrogens with zero attached hydrogens (tertiary/aromatic N) is 1. The van der Waals surface area contributed by atoms with Gasteiger partial charge in [-0.05, 0) is 37.5 Å². The molecule has 2 aromatic rings. The quantitative estimate of drug-likeness (QED) is 0.345. The summed E-state index contributed by atoms with van der Waals surface area (Å²) in [4.78, 5) is 12.9. The highest BCUT2D eigenvalue weighted by atomic mass is 35.5. The molecule has 0 bridgehead atoms. The van der Waals surface area contributed by atoms with E-state index in [0.717, 1.165) is 25.7 Å². The molecule has 160 valence electrons. The van der Waals surface area contributed by atoms with Crippen molar-refractivity contribution in [3.8, 4) is 6.07 Å². The Hall–Kier alpha value is -2.20. The first-order chi connectivity index (χ1) is 14.4. The lowest BCUT2D eigenvalue weighted by Gasteiger charge is -2.20. The highest BCUT2D eigenvalue weighted by Crippen LogP contribution is 2.24. The minimum Gasteiger partial charge on any atom is -0.289 e. The van der Waals surface area contributed by atoms with Crippen LogP contribution >= 0.6 is 11.6 Å². The van der Waals surface area contributed by atoms with Crippen LogP contribution in [0.4, 0.5) is 0 Å². The Morgan fingerprint density at radius 1 is 1.10 bits per heavy atom. The van der Waals surface area contributed by atoms with Gasteiger partial charge in [-0.2, -0.15) is 5.26 Å². The molecule has 1 N–H and O–H groups in total. The van der Waals surface area contributed by atoms with Crippen LogP contribution in [0.25, 0.3) is 0 Å². The number of benzene rings is 2. The Morgan fingerprint density at radius 3 is 2.47 bits per heavy atom. The molecule has 0 aliphatic rings. The van der Waals surface area contributed by atoms with Crippen molar-refractivity contribution >= 4 is 27.4 Å². The summed E-state index contributed by atoms with van der Waals surface area (Å²) in [6.45, 7) is 2.05. The van der Waals surface area contributed by atoms with Crippen LogP contribution < -0.4 is 4.72 Å². The fourth-order valence-electron chi connectivity index (χ4n) is 3.25. The van der Waals surface area contributed by atoms with Crippen LogP contribution in [-0.4, -0.2) is 20.2 Å². The molecule has 0 aliphatic carbocycles. The first-order valence-electron chi connectivity index (χ1n) is 10.2. The smallest absolute Gasteiger partial charge is 0.241 e. The van der Waals surface area contributed by atoms with E-state index < -0.39 is 15.8 Å². The number of nitrogens with one attached hydrogen (secondary N) is 1.